The highest BCUT2D eigenvalue weighted by atomic mass is 32.2. The van der Waals surface area contributed by atoms with Crippen molar-refractivity contribution in [2.75, 3.05) is 44.7 Å². The number of nitrogens with one attached hydrogen (secondary N) is 1. The molecule has 1 amide bonds. The lowest BCUT2D eigenvalue weighted by Crippen LogP contribution is -2.60. The molecule has 0 radical (unpaired) electrons. The number of hydrogen-bond acceptors (Lipinski definition) is 8. The smallest absolute Gasteiger partial charge is 0.264 e. The number of methoxy groups -OCH3 is 1. The van der Waals surface area contributed by atoms with Gasteiger partial charge >= 0.3 is 0 Å². The van der Waals surface area contributed by atoms with Crippen molar-refractivity contribution in [1.82, 2.24) is 19.8 Å². The Hall–Kier alpha value is -3.54. The molecule has 1 N–H and O–H groups in total. The van der Waals surface area contributed by atoms with Crippen molar-refractivity contribution < 1.29 is 22.7 Å². The molecule has 10 nitrogen and oxygen atoms in total. The quantitative estimate of drug-likeness (QED) is 0.334. The van der Waals surface area contributed by atoms with Crippen LogP contribution in [0.3, 0.4) is 0 Å². The number of anilines is 1. The third-order valence-corrected chi connectivity index (χ3v) is 11.5. The molecular weight excluding hydrogens is 627 g/mol. The van der Waals surface area contributed by atoms with E-state index in [0.29, 0.717) is 17.7 Å². The van der Waals surface area contributed by atoms with Gasteiger partial charge in [-0.15, -0.1) is 0 Å². The number of aryl methyl sites for hydroxylation is 2. The number of rotatable bonds is 6. The van der Waals surface area contributed by atoms with Crippen molar-refractivity contribution in [2.24, 2.45) is 10.8 Å². The molecule has 1 saturated heterocycles. The average molecular weight is 676 g/mol. The predicted molar refractivity (Wildman–Crippen MR) is 187 cm³/mol. The van der Waals surface area contributed by atoms with Crippen LogP contribution < -0.4 is 9.46 Å². The Bertz CT molecular complexity index is 1740. The number of carbonyl (C=O) groups excluding carboxylic acids is 1. The number of ether oxygens (including phenoxy) is 2. The third-order valence-electron chi connectivity index (χ3n) is 10.2. The highest BCUT2D eigenvalue weighted by molar-refractivity contribution is 7.92. The highest BCUT2D eigenvalue weighted by Gasteiger charge is 2.50. The molecule has 48 heavy (non-hydrogen) atoms. The fourth-order valence-electron chi connectivity index (χ4n) is 7.79. The van der Waals surface area contributed by atoms with Gasteiger partial charge in [0.15, 0.2) is 0 Å². The van der Waals surface area contributed by atoms with Gasteiger partial charge in [0.1, 0.15) is 6.61 Å². The minimum atomic E-state index is -4.12. The summed E-state index contributed by atoms with van der Waals surface area (Å²) in [6, 6.07) is 13.8. The van der Waals surface area contributed by atoms with Gasteiger partial charge in [-0.2, -0.15) is 4.98 Å². The van der Waals surface area contributed by atoms with Crippen molar-refractivity contribution in [3.05, 3.63) is 65.2 Å². The summed E-state index contributed by atoms with van der Waals surface area (Å²) in [6.45, 7) is 14.5. The van der Waals surface area contributed by atoms with Gasteiger partial charge in [-0.05, 0) is 99.2 Å². The van der Waals surface area contributed by atoms with Crippen LogP contribution in [0.15, 0.2) is 53.4 Å². The molecule has 1 aromatic heterocycles. The summed E-state index contributed by atoms with van der Waals surface area (Å²) in [6.07, 6.45) is 4.74. The summed E-state index contributed by atoms with van der Waals surface area (Å²) in [4.78, 5) is 28.2. The minimum absolute atomic E-state index is 0.0167. The highest BCUT2D eigenvalue weighted by Crippen LogP contribution is 2.52. The number of hydrogen-bond donors (Lipinski definition) is 1. The number of piperidine rings is 1. The monoisotopic (exact) mass is 675 g/mol. The number of benzene rings is 2. The second-order valence-corrected chi connectivity index (χ2v) is 16.8. The summed E-state index contributed by atoms with van der Waals surface area (Å²) < 4.78 is 41.8. The Morgan fingerprint density at radius 1 is 1.02 bits per heavy atom. The zero-order chi connectivity index (χ0) is 34.3. The van der Waals surface area contributed by atoms with E-state index < -0.39 is 10.0 Å². The second kappa shape index (κ2) is 13.4. The van der Waals surface area contributed by atoms with Crippen molar-refractivity contribution in [3.63, 3.8) is 0 Å². The standard InChI is InChI=1S/C37H49N5O5S/c1-25-9-7-10-26(2)33(25)31-20-32-39-35(38-31)40-48(44,45)30-12-8-11-27(19-30)34(43)42(29(24-47-32)21-36(3,4)5)28-22-37(23-28)13-15-41(16-14-37)17-18-46-6/h7-12,19-20,28-29H,13-18,21-24H2,1-6H3,(H,38,39,40)/t29-/m1/s1. The first-order valence-electron chi connectivity index (χ1n) is 17.0. The summed E-state index contributed by atoms with van der Waals surface area (Å²) >= 11 is 0. The SMILES string of the molecule is COCCN1CCC2(CC1)CC(N1C(=O)c3cccc(c3)S(=O)(=O)Nc3nc(cc(-c4c(C)cccc4C)n3)OC[C@H]1CC(C)(C)C)C2. The molecule has 1 aliphatic carbocycles. The minimum Gasteiger partial charge on any atom is -0.475 e. The molecule has 1 saturated carbocycles. The van der Waals surface area contributed by atoms with Gasteiger partial charge < -0.3 is 19.3 Å². The summed E-state index contributed by atoms with van der Waals surface area (Å²) in [7, 11) is -2.38. The molecule has 258 valence electrons. The number of nitrogens with zero attached hydrogens (tertiary/aromatic N) is 4. The van der Waals surface area contributed by atoms with E-state index in [2.05, 4.69) is 40.4 Å². The Labute approximate surface area is 285 Å². The molecule has 0 unspecified atom stereocenters. The molecule has 3 aliphatic rings. The topological polar surface area (TPSA) is 114 Å². The van der Waals surface area contributed by atoms with Crippen LogP contribution in [-0.4, -0.2) is 86.1 Å². The van der Waals surface area contributed by atoms with Gasteiger partial charge in [-0.25, -0.2) is 18.1 Å². The number of amides is 1. The molecule has 3 aromatic rings. The van der Waals surface area contributed by atoms with Gasteiger partial charge in [0, 0.05) is 36.9 Å². The Morgan fingerprint density at radius 2 is 1.71 bits per heavy atom. The number of sulfonamides is 1. The van der Waals surface area contributed by atoms with E-state index in [1.807, 2.05) is 36.9 Å². The van der Waals surface area contributed by atoms with Crippen molar-refractivity contribution >= 4 is 21.9 Å². The maximum absolute atomic E-state index is 14.6. The van der Waals surface area contributed by atoms with E-state index in [1.54, 1.807) is 25.3 Å². The zero-order valence-corrected chi connectivity index (χ0v) is 29.9. The van der Waals surface area contributed by atoms with E-state index in [1.165, 1.54) is 12.1 Å². The molecular formula is C37H49N5O5S. The summed E-state index contributed by atoms with van der Waals surface area (Å²) in [5, 5.41) is 0. The second-order valence-electron chi connectivity index (χ2n) is 15.2. The van der Waals surface area contributed by atoms with Crippen LogP contribution in [0.5, 0.6) is 5.88 Å². The lowest BCUT2D eigenvalue weighted by Gasteiger charge is -2.56. The van der Waals surface area contributed by atoms with Crippen LogP contribution in [0.2, 0.25) is 0 Å². The summed E-state index contributed by atoms with van der Waals surface area (Å²) in [5.74, 6) is 0.00445. The van der Waals surface area contributed by atoms with E-state index in [-0.39, 0.29) is 52.2 Å². The molecule has 11 heteroatoms. The molecule has 3 heterocycles. The molecule has 2 fully saturated rings. The van der Waals surface area contributed by atoms with Gasteiger partial charge in [0.2, 0.25) is 11.8 Å². The average Bonchev–Trinajstić information content (AvgIpc) is 3.01. The van der Waals surface area contributed by atoms with Crippen molar-refractivity contribution in [3.8, 4) is 17.1 Å². The third kappa shape index (κ3) is 7.38. The van der Waals surface area contributed by atoms with Crippen LogP contribution in [0.1, 0.15) is 74.4 Å². The van der Waals surface area contributed by atoms with Gasteiger partial charge in [-0.3, -0.25) is 4.79 Å². The van der Waals surface area contributed by atoms with Gasteiger partial charge in [0.25, 0.3) is 15.9 Å². The van der Waals surface area contributed by atoms with E-state index in [0.717, 1.165) is 68.6 Å². The normalized spacial score (nSPS) is 21.3. The van der Waals surface area contributed by atoms with Crippen molar-refractivity contribution in [1.29, 1.82) is 0 Å². The predicted octanol–water partition coefficient (Wildman–Crippen LogP) is 6.09. The lowest BCUT2D eigenvalue weighted by atomic mass is 9.59. The van der Waals surface area contributed by atoms with E-state index in [9.17, 15) is 13.2 Å². The van der Waals surface area contributed by atoms with Crippen molar-refractivity contribution in [2.45, 2.75) is 83.7 Å². The van der Waals surface area contributed by atoms with E-state index >= 15 is 0 Å². The Balaban J connectivity index is 1.39. The van der Waals surface area contributed by atoms with Crippen LogP contribution in [0.25, 0.3) is 11.3 Å². The molecule has 6 rings (SSSR count). The number of carbonyl (C=O) groups is 1. The van der Waals surface area contributed by atoms with E-state index in [4.69, 9.17) is 9.47 Å². The maximum atomic E-state index is 14.6. The van der Waals surface area contributed by atoms with Gasteiger partial charge in [-0.1, -0.05) is 45.0 Å². The first-order chi connectivity index (χ1) is 22.8. The van der Waals surface area contributed by atoms with Gasteiger partial charge in [0.05, 0.1) is 23.2 Å². The number of likely N-dealkylation sites (tertiary alicyclic amines) is 1. The first kappa shape index (κ1) is 34.3. The van der Waals surface area contributed by atoms with Crippen LogP contribution >= 0.6 is 0 Å². The fraction of sp³-hybridized carbons (Fsp3) is 0.541. The molecule has 2 aromatic carbocycles. The summed E-state index contributed by atoms with van der Waals surface area (Å²) in [5.41, 5.74) is 3.91. The number of fused-ring (bicyclic) bond motifs is 4. The zero-order valence-electron chi connectivity index (χ0n) is 29.1. The largest absolute Gasteiger partial charge is 0.475 e. The molecule has 1 atom stereocenters. The maximum Gasteiger partial charge on any atom is 0.264 e. The lowest BCUT2D eigenvalue weighted by molar-refractivity contribution is -0.0565. The van der Waals surface area contributed by atoms with Crippen LogP contribution in [-0.2, 0) is 14.8 Å². The first-order valence-corrected chi connectivity index (χ1v) is 18.5. The molecule has 1 spiro atoms. The number of aromatic nitrogens is 2. The molecule has 4 bridgehead atoms. The van der Waals surface area contributed by atoms with Crippen LogP contribution in [0, 0.1) is 24.7 Å². The Kier molecular flexibility index (Phi) is 9.58. The fourth-order valence-corrected chi connectivity index (χ4v) is 8.78. The van der Waals surface area contributed by atoms with Crippen LogP contribution in [0.4, 0.5) is 5.95 Å². The molecule has 2 aliphatic heterocycles. The Morgan fingerprint density at radius 3 is 2.38 bits per heavy atom.